The lowest BCUT2D eigenvalue weighted by molar-refractivity contribution is -0.157. The Balaban J connectivity index is 1.42. The molecule has 1 aromatic carbocycles. The van der Waals surface area contributed by atoms with E-state index in [1.165, 1.54) is 6.92 Å². The summed E-state index contributed by atoms with van der Waals surface area (Å²) in [7, 11) is 0. The maximum atomic E-state index is 13.0. The SMILES string of the molecule is C[C@H](C(=O)OCC(=O)c1ccc(Cl)cc1)N1C(=O)[C@H]2[C@@H]3C[C@H]([C@@H](Br)[C@H]3Br)[C@@H]2C1=O. The van der Waals surface area contributed by atoms with Crippen LogP contribution in [0.4, 0.5) is 0 Å². The Kier molecular flexibility index (Phi) is 5.63. The average Bonchev–Trinajstić information content (AvgIpc) is 3.30. The second-order valence-electron chi connectivity index (χ2n) is 7.76. The number of hydrogen-bond donors (Lipinski definition) is 0. The minimum atomic E-state index is -1.07. The Bertz CT molecular complexity index is 859. The fourth-order valence-corrected chi connectivity index (χ4v) is 6.83. The number of Topliss-reactive ketones (excluding diaryl/α,β-unsaturated/α-hetero) is 1. The summed E-state index contributed by atoms with van der Waals surface area (Å²) in [6, 6.07) is 5.16. The van der Waals surface area contributed by atoms with E-state index in [2.05, 4.69) is 31.9 Å². The number of fused-ring (bicyclic) bond motifs is 5. The average molecular weight is 548 g/mol. The zero-order chi connectivity index (χ0) is 21.0. The number of likely N-dealkylation sites (tertiary alicyclic amines) is 1. The molecule has 0 radical (unpaired) electrons. The topological polar surface area (TPSA) is 80.8 Å². The van der Waals surface area contributed by atoms with Gasteiger partial charge in [0.2, 0.25) is 11.8 Å². The molecule has 2 amide bonds. The molecule has 29 heavy (non-hydrogen) atoms. The fraction of sp³-hybridized carbons (Fsp3) is 0.500. The van der Waals surface area contributed by atoms with Gasteiger partial charge in [0, 0.05) is 20.2 Å². The summed E-state index contributed by atoms with van der Waals surface area (Å²) < 4.78 is 5.11. The highest BCUT2D eigenvalue weighted by Crippen LogP contribution is 2.60. The fourth-order valence-electron chi connectivity index (χ4n) is 4.84. The van der Waals surface area contributed by atoms with E-state index in [1.54, 1.807) is 24.3 Å². The third-order valence-electron chi connectivity index (χ3n) is 6.26. The van der Waals surface area contributed by atoms with E-state index >= 15 is 0 Å². The van der Waals surface area contributed by atoms with E-state index in [0.29, 0.717) is 10.6 Å². The summed E-state index contributed by atoms with van der Waals surface area (Å²) >= 11 is 13.1. The third kappa shape index (κ3) is 3.37. The highest BCUT2D eigenvalue weighted by molar-refractivity contribution is 9.12. The molecule has 4 rings (SSSR count). The van der Waals surface area contributed by atoms with Gasteiger partial charge < -0.3 is 4.74 Å². The molecule has 6 nitrogen and oxygen atoms in total. The molecular formula is C20H18Br2ClNO5. The van der Waals surface area contributed by atoms with E-state index in [9.17, 15) is 19.2 Å². The molecule has 2 bridgehead atoms. The van der Waals surface area contributed by atoms with Gasteiger partial charge in [-0.05, 0) is 49.4 Å². The van der Waals surface area contributed by atoms with Crippen LogP contribution in [0.15, 0.2) is 24.3 Å². The number of benzene rings is 1. The maximum absolute atomic E-state index is 13.0. The Labute approximate surface area is 189 Å². The highest BCUT2D eigenvalue weighted by atomic mass is 79.9. The van der Waals surface area contributed by atoms with E-state index in [4.69, 9.17) is 16.3 Å². The van der Waals surface area contributed by atoms with Gasteiger partial charge in [0.05, 0.1) is 11.8 Å². The smallest absolute Gasteiger partial charge is 0.329 e. The van der Waals surface area contributed by atoms with Crippen LogP contribution in [-0.2, 0) is 19.1 Å². The van der Waals surface area contributed by atoms with Crippen molar-refractivity contribution < 1.29 is 23.9 Å². The number of esters is 1. The summed E-state index contributed by atoms with van der Waals surface area (Å²) in [6.45, 7) is 0.997. The summed E-state index contributed by atoms with van der Waals surface area (Å²) in [5.74, 6) is -2.42. The predicted molar refractivity (Wildman–Crippen MR) is 112 cm³/mol. The zero-order valence-corrected chi connectivity index (χ0v) is 19.3. The lowest BCUT2D eigenvalue weighted by Gasteiger charge is -2.28. The Hall–Kier alpha value is -1.25. The van der Waals surface area contributed by atoms with Crippen molar-refractivity contribution in [3.8, 4) is 0 Å². The van der Waals surface area contributed by atoms with Crippen LogP contribution in [0.5, 0.6) is 0 Å². The first-order chi connectivity index (χ1) is 13.7. The third-order valence-corrected chi connectivity index (χ3v) is 9.72. The standard InChI is InChI=1S/C20H18Br2ClNO5/c1-8(20(28)29-7-13(25)9-2-4-10(23)5-3-9)24-18(26)14-11-6-12(15(14)19(24)27)17(22)16(11)21/h2-5,8,11-12,14-17H,6-7H2,1H3/t8-,11+,12+,14+,15+,16-,17+/m1/s1. The number of rotatable bonds is 5. The van der Waals surface area contributed by atoms with E-state index < -0.39 is 30.5 Å². The molecule has 154 valence electrons. The molecule has 0 N–H and O–H groups in total. The van der Waals surface area contributed by atoms with Gasteiger partial charge in [-0.1, -0.05) is 43.5 Å². The second-order valence-corrected chi connectivity index (χ2v) is 10.3. The van der Waals surface area contributed by atoms with E-state index in [-0.39, 0.29) is 39.1 Å². The lowest BCUT2D eigenvalue weighted by Crippen LogP contribution is -2.45. The van der Waals surface area contributed by atoms with Gasteiger partial charge in [-0.25, -0.2) is 4.79 Å². The molecule has 1 heterocycles. The number of imide groups is 1. The first-order valence-electron chi connectivity index (χ1n) is 9.32. The molecule has 3 fully saturated rings. The van der Waals surface area contributed by atoms with Gasteiger partial charge >= 0.3 is 5.97 Å². The molecule has 1 aliphatic heterocycles. The molecule has 1 saturated heterocycles. The van der Waals surface area contributed by atoms with Crippen molar-refractivity contribution >= 4 is 67.0 Å². The molecule has 3 aliphatic rings. The summed E-state index contributed by atoms with van der Waals surface area (Å²) in [5, 5.41) is 0.495. The minimum Gasteiger partial charge on any atom is -0.456 e. The number of ketones is 1. The van der Waals surface area contributed by atoms with Crippen LogP contribution in [0, 0.1) is 23.7 Å². The first kappa shape index (κ1) is 21.0. The number of hydrogen-bond acceptors (Lipinski definition) is 5. The number of amides is 2. The number of carbonyl (C=O) groups excluding carboxylic acids is 4. The predicted octanol–water partition coefficient (Wildman–Crippen LogP) is 3.23. The second kappa shape index (κ2) is 7.78. The maximum Gasteiger partial charge on any atom is 0.329 e. The van der Waals surface area contributed by atoms with Gasteiger partial charge in [0.1, 0.15) is 6.04 Å². The van der Waals surface area contributed by atoms with Crippen molar-refractivity contribution in [2.24, 2.45) is 23.7 Å². The van der Waals surface area contributed by atoms with Crippen molar-refractivity contribution in [3.63, 3.8) is 0 Å². The Morgan fingerprint density at radius 1 is 1.10 bits per heavy atom. The molecule has 0 unspecified atom stereocenters. The van der Waals surface area contributed by atoms with Crippen LogP contribution in [0.3, 0.4) is 0 Å². The first-order valence-corrected chi connectivity index (χ1v) is 11.5. The Morgan fingerprint density at radius 2 is 1.62 bits per heavy atom. The number of halogens is 3. The van der Waals surface area contributed by atoms with Crippen LogP contribution in [0.2, 0.25) is 5.02 Å². The van der Waals surface area contributed by atoms with E-state index in [0.717, 1.165) is 11.3 Å². The largest absolute Gasteiger partial charge is 0.456 e. The van der Waals surface area contributed by atoms with Crippen LogP contribution in [0.1, 0.15) is 23.7 Å². The number of carbonyl (C=O) groups is 4. The van der Waals surface area contributed by atoms with Crippen LogP contribution in [-0.4, -0.2) is 50.8 Å². The summed E-state index contributed by atoms with van der Waals surface area (Å²) in [4.78, 5) is 51.9. The highest BCUT2D eigenvalue weighted by Gasteiger charge is 2.67. The van der Waals surface area contributed by atoms with Crippen molar-refractivity contribution in [1.29, 1.82) is 0 Å². The van der Waals surface area contributed by atoms with Crippen LogP contribution >= 0.6 is 43.5 Å². The van der Waals surface area contributed by atoms with Gasteiger partial charge in [0.25, 0.3) is 0 Å². The monoisotopic (exact) mass is 545 g/mol. The normalized spacial score (nSPS) is 33.7. The van der Waals surface area contributed by atoms with Crippen molar-refractivity contribution in [2.75, 3.05) is 6.61 Å². The van der Waals surface area contributed by atoms with Gasteiger partial charge in [-0.15, -0.1) is 0 Å². The number of alkyl halides is 2. The zero-order valence-electron chi connectivity index (χ0n) is 15.4. The lowest BCUT2D eigenvalue weighted by atomic mass is 9.81. The molecule has 0 spiro atoms. The molecule has 7 atom stereocenters. The van der Waals surface area contributed by atoms with E-state index in [1.807, 2.05) is 0 Å². The molecule has 2 aliphatic carbocycles. The minimum absolute atomic E-state index is 0.0746. The number of nitrogens with zero attached hydrogens (tertiary/aromatic N) is 1. The summed E-state index contributed by atoms with van der Waals surface area (Å²) in [6.07, 6.45) is 0.820. The molecule has 1 aromatic rings. The molecular weight excluding hydrogens is 529 g/mol. The Morgan fingerprint density at radius 3 is 2.14 bits per heavy atom. The quantitative estimate of drug-likeness (QED) is 0.245. The van der Waals surface area contributed by atoms with Crippen molar-refractivity contribution in [3.05, 3.63) is 34.9 Å². The molecule has 9 heteroatoms. The van der Waals surface area contributed by atoms with Gasteiger partial charge in [0.15, 0.2) is 12.4 Å². The number of ether oxygens (including phenoxy) is 1. The van der Waals surface area contributed by atoms with Gasteiger partial charge in [-0.3, -0.25) is 19.3 Å². The molecule has 2 saturated carbocycles. The van der Waals surface area contributed by atoms with Gasteiger partial charge in [-0.2, -0.15) is 0 Å². The van der Waals surface area contributed by atoms with Crippen LogP contribution < -0.4 is 0 Å². The van der Waals surface area contributed by atoms with Crippen molar-refractivity contribution in [2.45, 2.75) is 29.0 Å². The van der Waals surface area contributed by atoms with Crippen molar-refractivity contribution in [1.82, 2.24) is 4.90 Å². The molecule has 0 aromatic heterocycles. The summed E-state index contributed by atoms with van der Waals surface area (Å²) in [5.41, 5.74) is 0.362. The van der Waals surface area contributed by atoms with Crippen LogP contribution in [0.25, 0.3) is 0 Å².